The van der Waals surface area contributed by atoms with E-state index in [1.807, 2.05) is 0 Å². The lowest BCUT2D eigenvalue weighted by molar-refractivity contribution is -0.166. The van der Waals surface area contributed by atoms with E-state index in [-0.39, 0.29) is 18.0 Å². The van der Waals surface area contributed by atoms with Gasteiger partial charge in [0, 0.05) is 19.6 Å². The third kappa shape index (κ3) is 2.83. The van der Waals surface area contributed by atoms with Gasteiger partial charge in [-0.15, -0.1) is 0 Å². The van der Waals surface area contributed by atoms with E-state index in [2.05, 4.69) is 6.92 Å². The molecule has 0 aromatic rings. The fourth-order valence-corrected chi connectivity index (χ4v) is 2.23. The molecule has 2 unspecified atom stereocenters. The van der Waals surface area contributed by atoms with Gasteiger partial charge in [0.1, 0.15) is 6.10 Å². The van der Waals surface area contributed by atoms with Crippen molar-refractivity contribution in [3.05, 3.63) is 0 Å². The molecule has 2 aliphatic carbocycles. The molecule has 0 radical (unpaired) electrons. The predicted octanol–water partition coefficient (Wildman–Crippen LogP) is 2.33. The smallest absolute Gasteiger partial charge is 0.166 e. The summed E-state index contributed by atoms with van der Waals surface area (Å²) in [5, 5.41) is 0. The van der Waals surface area contributed by atoms with E-state index in [0.717, 1.165) is 25.4 Å². The molecule has 2 fully saturated rings. The largest absolute Gasteiger partial charge is 0.375 e. The second-order valence-corrected chi connectivity index (χ2v) is 4.96. The van der Waals surface area contributed by atoms with Gasteiger partial charge < -0.3 is 9.47 Å². The third-order valence-corrected chi connectivity index (χ3v) is 3.64. The first-order valence-electron chi connectivity index (χ1n) is 6.57. The van der Waals surface area contributed by atoms with Crippen LogP contribution in [-0.4, -0.2) is 31.2 Å². The number of ether oxygens (including phenoxy) is 2. The Balaban J connectivity index is 1.59. The lowest BCUT2D eigenvalue weighted by atomic mass is 9.83. The van der Waals surface area contributed by atoms with E-state index >= 15 is 0 Å². The lowest BCUT2D eigenvalue weighted by Gasteiger charge is -2.35. The minimum atomic E-state index is -0.263. The summed E-state index contributed by atoms with van der Waals surface area (Å²) >= 11 is 0. The normalized spacial score (nSPS) is 29.9. The minimum Gasteiger partial charge on any atom is -0.375 e. The average Bonchev–Trinajstić information content (AvgIpc) is 2.20. The van der Waals surface area contributed by atoms with Gasteiger partial charge in [-0.05, 0) is 18.8 Å². The Bertz CT molecular complexity index is 235. The molecular weight excluding hydrogens is 204 g/mol. The highest BCUT2D eigenvalue weighted by atomic mass is 16.5. The van der Waals surface area contributed by atoms with Crippen LogP contribution in [0.1, 0.15) is 45.4 Å². The van der Waals surface area contributed by atoms with Crippen LogP contribution in [0.3, 0.4) is 0 Å². The van der Waals surface area contributed by atoms with E-state index in [0.29, 0.717) is 13.0 Å². The monoisotopic (exact) mass is 226 g/mol. The van der Waals surface area contributed by atoms with Gasteiger partial charge in [-0.1, -0.05) is 26.2 Å². The van der Waals surface area contributed by atoms with Crippen LogP contribution in [0.4, 0.5) is 0 Å². The number of hydrogen-bond donors (Lipinski definition) is 0. The topological polar surface area (TPSA) is 35.5 Å². The first-order chi connectivity index (χ1) is 7.81. The Morgan fingerprint density at radius 2 is 2.06 bits per heavy atom. The molecule has 2 atom stereocenters. The van der Waals surface area contributed by atoms with Crippen molar-refractivity contribution in [1.82, 2.24) is 0 Å². The Hall–Kier alpha value is -0.410. The number of ketones is 1. The van der Waals surface area contributed by atoms with Crippen LogP contribution >= 0.6 is 0 Å². The fraction of sp³-hybridized carbons (Fsp3) is 0.923. The van der Waals surface area contributed by atoms with Crippen LogP contribution in [0.25, 0.3) is 0 Å². The van der Waals surface area contributed by atoms with E-state index in [1.54, 1.807) is 0 Å². The Morgan fingerprint density at radius 3 is 2.62 bits per heavy atom. The molecule has 3 heteroatoms. The summed E-state index contributed by atoms with van der Waals surface area (Å²) < 4.78 is 11.2. The molecule has 0 spiro atoms. The van der Waals surface area contributed by atoms with Gasteiger partial charge in [-0.3, -0.25) is 4.79 Å². The molecule has 2 saturated carbocycles. The maximum atomic E-state index is 11.3. The van der Waals surface area contributed by atoms with Crippen LogP contribution in [0.5, 0.6) is 0 Å². The van der Waals surface area contributed by atoms with Crippen molar-refractivity contribution in [3.63, 3.8) is 0 Å². The average molecular weight is 226 g/mol. The highest BCUT2D eigenvalue weighted by Gasteiger charge is 2.41. The van der Waals surface area contributed by atoms with E-state index in [1.165, 1.54) is 19.3 Å². The molecule has 0 aromatic carbocycles. The lowest BCUT2D eigenvalue weighted by Crippen LogP contribution is -2.50. The van der Waals surface area contributed by atoms with Gasteiger partial charge in [-0.25, -0.2) is 0 Å². The quantitative estimate of drug-likeness (QED) is 0.668. The maximum Gasteiger partial charge on any atom is 0.166 e. The number of carbonyl (C=O) groups excluding carboxylic acids is 1. The molecule has 0 saturated heterocycles. The van der Waals surface area contributed by atoms with Gasteiger partial charge in [0.15, 0.2) is 5.78 Å². The number of carbonyl (C=O) groups is 1. The van der Waals surface area contributed by atoms with E-state index in [9.17, 15) is 4.79 Å². The van der Waals surface area contributed by atoms with Crippen molar-refractivity contribution >= 4 is 5.78 Å². The molecule has 0 N–H and O–H groups in total. The molecule has 16 heavy (non-hydrogen) atoms. The van der Waals surface area contributed by atoms with Crippen molar-refractivity contribution in [2.45, 2.75) is 57.7 Å². The minimum absolute atomic E-state index is 0.0409. The highest BCUT2D eigenvalue weighted by Crippen LogP contribution is 2.30. The van der Waals surface area contributed by atoms with Crippen LogP contribution in [-0.2, 0) is 14.3 Å². The van der Waals surface area contributed by atoms with Crippen molar-refractivity contribution in [2.24, 2.45) is 5.92 Å². The van der Waals surface area contributed by atoms with Crippen LogP contribution in [0, 0.1) is 5.92 Å². The molecule has 0 aliphatic heterocycles. The van der Waals surface area contributed by atoms with Crippen molar-refractivity contribution in [2.75, 3.05) is 13.2 Å². The maximum absolute atomic E-state index is 11.3. The molecule has 0 aromatic heterocycles. The molecule has 0 amide bonds. The molecule has 3 nitrogen and oxygen atoms in total. The summed E-state index contributed by atoms with van der Waals surface area (Å²) in [6.45, 7) is 3.52. The Labute approximate surface area is 97.5 Å². The summed E-state index contributed by atoms with van der Waals surface area (Å²) in [6, 6.07) is 0. The standard InChI is InChI=1S/C13H22O3/c1-2-7-16-13-11(14)9-12(13)15-8-6-10-4-3-5-10/h10,12-13H,2-9H2,1H3. The Kier molecular flexibility index (Phi) is 4.36. The molecule has 2 aliphatic rings. The second-order valence-electron chi connectivity index (χ2n) is 4.96. The zero-order valence-electron chi connectivity index (χ0n) is 10.1. The van der Waals surface area contributed by atoms with Crippen molar-refractivity contribution in [3.8, 4) is 0 Å². The fourth-order valence-electron chi connectivity index (χ4n) is 2.23. The molecule has 0 bridgehead atoms. The third-order valence-electron chi connectivity index (χ3n) is 3.64. The van der Waals surface area contributed by atoms with Crippen molar-refractivity contribution in [1.29, 1.82) is 0 Å². The zero-order valence-corrected chi connectivity index (χ0v) is 10.1. The van der Waals surface area contributed by atoms with Crippen LogP contribution < -0.4 is 0 Å². The molecule has 0 heterocycles. The van der Waals surface area contributed by atoms with E-state index in [4.69, 9.17) is 9.47 Å². The van der Waals surface area contributed by atoms with Gasteiger partial charge >= 0.3 is 0 Å². The second kappa shape index (κ2) is 5.78. The van der Waals surface area contributed by atoms with E-state index < -0.39 is 0 Å². The van der Waals surface area contributed by atoms with Crippen molar-refractivity contribution < 1.29 is 14.3 Å². The van der Waals surface area contributed by atoms with Gasteiger partial charge in [-0.2, -0.15) is 0 Å². The number of rotatable bonds is 7. The highest BCUT2D eigenvalue weighted by molar-refractivity contribution is 5.90. The SMILES string of the molecule is CCCOC1C(=O)CC1OCCC1CCC1. The summed E-state index contributed by atoms with van der Waals surface area (Å²) in [5.74, 6) is 1.09. The van der Waals surface area contributed by atoms with Gasteiger partial charge in [0.2, 0.25) is 0 Å². The van der Waals surface area contributed by atoms with Crippen LogP contribution in [0.2, 0.25) is 0 Å². The summed E-state index contributed by atoms with van der Waals surface area (Å²) in [6.07, 6.45) is 6.56. The van der Waals surface area contributed by atoms with Gasteiger partial charge in [0.25, 0.3) is 0 Å². The number of hydrogen-bond acceptors (Lipinski definition) is 3. The molecule has 92 valence electrons. The molecule has 2 rings (SSSR count). The predicted molar refractivity (Wildman–Crippen MR) is 61.4 cm³/mol. The first-order valence-corrected chi connectivity index (χ1v) is 6.57. The first kappa shape index (κ1) is 12.1. The Morgan fingerprint density at radius 1 is 1.25 bits per heavy atom. The number of Topliss-reactive ketones (excluding diaryl/α,β-unsaturated/α-hetero) is 1. The summed E-state index contributed by atoms with van der Waals surface area (Å²) in [4.78, 5) is 11.3. The van der Waals surface area contributed by atoms with Crippen LogP contribution in [0.15, 0.2) is 0 Å². The zero-order chi connectivity index (χ0) is 11.4. The van der Waals surface area contributed by atoms with Gasteiger partial charge in [0.05, 0.1) is 6.10 Å². The summed E-state index contributed by atoms with van der Waals surface area (Å²) in [5.41, 5.74) is 0. The summed E-state index contributed by atoms with van der Waals surface area (Å²) in [7, 11) is 0. The molecular formula is C13H22O3.